The van der Waals surface area contributed by atoms with Crippen molar-refractivity contribution in [1.29, 1.82) is 0 Å². The molecule has 1 saturated carbocycles. The molecule has 2 unspecified atom stereocenters. The number of rotatable bonds is 6. The number of nitrogens with one attached hydrogen (secondary N) is 1. The maximum Gasteiger partial charge on any atom is 0.248 e. The van der Waals surface area contributed by atoms with E-state index in [2.05, 4.69) is 15.4 Å². The number of amides is 1. The predicted octanol–water partition coefficient (Wildman–Crippen LogP) is 3.38. The standard InChI is InChI=1S/C18H21ClF2N6OS/c1-27(23)26-15(22)11-4-2-10(3-5-11)14(12-6-7-18(20,21)8-12)16(28)25-17-24-9-13(19)29-17/h2-5,9,12,14H,6-8,23H2,1H3,(H2,22,26)(H,24,25,28). The van der Waals surface area contributed by atoms with Gasteiger partial charge in [0.2, 0.25) is 11.8 Å². The van der Waals surface area contributed by atoms with Crippen LogP contribution >= 0.6 is 22.9 Å². The van der Waals surface area contributed by atoms with Crippen molar-refractivity contribution in [1.82, 2.24) is 10.1 Å². The van der Waals surface area contributed by atoms with Crippen LogP contribution in [-0.4, -0.2) is 34.8 Å². The highest BCUT2D eigenvalue weighted by Crippen LogP contribution is 2.46. The first-order valence-corrected chi connectivity index (χ1v) is 10.1. The van der Waals surface area contributed by atoms with E-state index in [4.69, 9.17) is 23.2 Å². The fourth-order valence-corrected chi connectivity index (χ4v) is 4.31. The van der Waals surface area contributed by atoms with Crippen LogP contribution in [0.3, 0.4) is 0 Å². The zero-order valence-corrected chi connectivity index (χ0v) is 17.2. The summed E-state index contributed by atoms with van der Waals surface area (Å²) in [6.07, 6.45) is 1.11. The summed E-state index contributed by atoms with van der Waals surface area (Å²) >= 11 is 6.97. The Morgan fingerprint density at radius 3 is 2.66 bits per heavy atom. The number of thiazole rings is 1. The van der Waals surface area contributed by atoms with Gasteiger partial charge in [0.25, 0.3) is 0 Å². The van der Waals surface area contributed by atoms with Gasteiger partial charge in [-0.05, 0) is 17.9 Å². The molecule has 2 aromatic rings. The first kappa shape index (κ1) is 21.4. The third-order valence-corrected chi connectivity index (χ3v) is 5.76. The van der Waals surface area contributed by atoms with E-state index in [1.54, 1.807) is 24.3 Å². The lowest BCUT2D eigenvalue weighted by atomic mass is 9.83. The predicted molar refractivity (Wildman–Crippen MR) is 110 cm³/mol. The average Bonchev–Trinajstić information content (AvgIpc) is 3.20. The van der Waals surface area contributed by atoms with Gasteiger partial charge < -0.3 is 11.1 Å². The molecule has 7 nitrogen and oxygen atoms in total. The highest BCUT2D eigenvalue weighted by molar-refractivity contribution is 7.19. The van der Waals surface area contributed by atoms with Gasteiger partial charge in [-0.1, -0.05) is 47.2 Å². The van der Waals surface area contributed by atoms with Crippen molar-refractivity contribution in [2.75, 3.05) is 12.4 Å². The lowest BCUT2D eigenvalue weighted by Gasteiger charge is -2.23. The van der Waals surface area contributed by atoms with Crippen LogP contribution in [0.4, 0.5) is 13.9 Å². The number of nitrogens with zero attached hydrogens (tertiary/aromatic N) is 3. The second-order valence-corrected chi connectivity index (χ2v) is 8.64. The number of carbonyl (C=O) groups excluding carboxylic acids is 1. The Morgan fingerprint density at radius 1 is 1.45 bits per heavy atom. The van der Waals surface area contributed by atoms with Gasteiger partial charge in [0.1, 0.15) is 4.34 Å². The summed E-state index contributed by atoms with van der Waals surface area (Å²) < 4.78 is 28.1. The van der Waals surface area contributed by atoms with Crippen LogP contribution in [-0.2, 0) is 4.79 Å². The zero-order valence-electron chi connectivity index (χ0n) is 15.6. The number of benzene rings is 1. The number of carbonyl (C=O) groups is 1. The van der Waals surface area contributed by atoms with Crippen LogP contribution in [0.5, 0.6) is 0 Å². The monoisotopic (exact) mass is 442 g/mol. The molecule has 29 heavy (non-hydrogen) atoms. The summed E-state index contributed by atoms with van der Waals surface area (Å²) in [6.45, 7) is 0. The van der Waals surface area contributed by atoms with Crippen LogP contribution < -0.4 is 16.9 Å². The van der Waals surface area contributed by atoms with Crippen molar-refractivity contribution in [3.8, 4) is 0 Å². The molecule has 0 aliphatic heterocycles. The first-order valence-electron chi connectivity index (χ1n) is 8.87. The van der Waals surface area contributed by atoms with E-state index in [1.807, 2.05) is 0 Å². The Balaban J connectivity index is 1.87. The second kappa shape index (κ2) is 8.60. The van der Waals surface area contributed by atoms with E-state index >= 15 is 0 Å². The highest BCUT2D eigenvalue weighted by atomic mass is 35.5. The van der Waals surface area contributed by atoms with Gasteiger partial charge in [0.05, 0.1) is 12.1 Å². The molecule has 3 rings (SSSR count). The van der Waals surface area contributed by atoms with Gasteiger partial charge in [-0.25, -0.2) is 24.7 Å². The lowest BCUT2D eigenvalue weighted by molar-refractivity contribution is -0.118. The Kier molecular flexibility index (Phi) is 6.35. The summed E-state index contributed by atoms with van der Waals surface area (Å²) in [5.74, 6) is 1.25. The number of aromatic nitrogens is 1. The number of nitrogens with two attached hydrogens (primary N) is 2. The molecule has 0 saturated heterocycles. The molecule has 1 aromatic heterocycles. The molecule has 5 N–H and O–H groups in total. The van der Waals surface area contributed by atoms with Gasteiger partial charge in [0, 0.05) is 25.5 Å². The third-order valence-electron chi connectivity index (χ3n) is 4.73. The third kappa shape index (κ3) is 5.40. The first-order chi connectivity index (χ1) is 13.6. The summed E-state index contributed by atoms with van der Waals surface area (Å²) in [7, 11) is 1.53. The van der Waals surface area contributed by atoms with E-state index in [9.17, 15) is 13.6 Å². The van der Waals surface area contributed by atoms with Gasteiger partial charge in [-0.15, -0.1) is 5.10 Å². The van der Waals surface area contributed by atoms with Gasteiger partial charge in [-0.3, -0.25) is 4.79 Å². The van der Waals surface area contributed by atoms with Crippen LogP contribution in [0, 0.1) is 5.92 Å². The Labute approximate surface area is 175 Å². The van der Waals surface area contributed by atoms with Gasteiger partial charge in [-0.2, -0.15) is 0 Å². The minimum absolute atomic E-state index is 0.201. The van der Waals surface area contributed by atoms with E-state index in [0.29, 0.717) is 20.6 Å². The van der Waals surface area contributed by atoms with E-state index in [-0.39, 0.29) is 25.1 Å². The molecule has 0 spiro atoms. The Hall–Kier alpha value is -2.30. The van der Waals surface area contributed by atoms with Crippen molar-refractivity contribution in [3.63, 3.8) is 0 Å². The molecule has 1 fully saturated rings. The van der Waals surface area contributed by atoms with Crippen LogP contribution in [0.1, 0.15) is 36.3 Å². The average molecular weight is 443 g/mol. The number of hydrazine groups is 1. The second-order valence-electron chi connectivity index (χ2n) is 6.98. The normalized spacial score (nSPS) is 19.8. The van der Waals surface area contributed by atoms with Crippen molar-refractivity contribution in [3.05, 3.63) is 45.9 Å². The number of hydrogen-bond donors (Lipinski definition) is 3. The van der Waals surface area contributed by atoms with Crippen molar-refractivity contribution < 1.29 is 13.6 Å². The fourth-order valence-electron chi connectivity index (χ4n) is 3.49. The van der Waals surface area contributed by atoms with E-state index < -0.39 is 23.7 Å². The number of amidine groups is 1. The quantitative estimate of drug-likeness (QED) is 0.275. The van der Waals surface area contributed by atoms with E-state index in [0.717, 1.165) is 16.5 Å². The molecule has 2 atom stereocenters. The molecule has 1 aliphatic rings. The number of anilines is 1. The molecule has 156 valence electrons. The maximum absolute atomic E-state index is 13.8. The smallest absolute Gasteiger partial charge is 0.248 e. The molecule has 1 amide bonds. The van der Waals surface area contributed by atoms with Crippen LogP contribution in [0.25, 0.3) is 0 Å². The Morgan fingerprint density at radius 2 is 2.14 bits per heavy atom. The molecule has 1 aromatic carbocycles. The molecule has 0 bridgehead atoms. The van der Waals surface area contributed by atoms with Crippen LogP contribution in [0.2, 0.25) is 4.34 Å². The minimum atomic E-state index is -2.77. The summed E-state index contributed by atoms with van der Waals surface area (Å²) in [6, 6.07) is 6.77. The number of halogens is 3. The van der Waals surface area contributed by atoms with Crippen LogP contribution in [0.15, 0.2) is 35.6 Å². The molecule has 1 aliphatic carbocycles. The van der Waals surface area contributed by atoms with Crippen molar-refractivity contribution >= 4 is 39.8 Å². The van der Waals surface area contributed by atoms with Crippen molar-refractivity contribution in [2.45, 2.75) is 31.1 Å². The number of alkyl halides is 2. The van der Waals surface area contributed by atoms with Gasteiger partial charge in [0.15, 0.2) is 11.0 Å². The minimum Gasteiger partial charge on any atom is -0.382 e. The lowest BCUT2D eigenvalue weighted by Crippen LogP contribution is -2.28. The molecular formula is C18H21ClF2N6OS. The van der Waals surface area contributed by atoms with Gasteiger partial charge >= 0.3 is 0 Å². The number of hydrogen-bond acceptors (Lipinski definition) is 6. The number of hydrazone groups is 1. The van der Waals surface area contributed by atoms with E-state index in [1.165, 1.54) is 13.2 Å². The fraction of sp³-hybridized carbons (Fsp3) is 0.389. The summed E-state index contributed by atoms with van der Waals surface area (Å²) in [5, 5.41) is 8.03. The largest absolute Gasteiger partial charge is 0.382 e. The molecular weight excluding hydrogens is 422 g/mol. The highest BCUT2D eigenvalue weighted by Gasteiger charge is 2.45. The zero-order chi connectivity index (χ0) is 21.2. The van der Waals surface area contributed by atoms with Crippen molar-refractivity contribution in [2.24, 2.45) is 22.6 Å². The molecule has 1 heterocycles. The molecule has 11 heteroatoms. The maximum atomic E-state index is 13.8. The Bertz CT molecular complexity index is 902. The summed E-state index contributed by atoms with van der Waals surface area (Å²) in [4.78, 5) is 17.0. The topological polar surface area (TPSA) is 110 Å². The summed E-state index contributed by atoms with van der Waals surface area (Å²) in [5.41, 5.74) is 7.10. The molecule has 0 radical (unpaired) electrons. The SMILES string of the molecule is CN(N)/N=C(\N)c1ccc(C(C(=O)Nc2ncc(Cl)s2)C2CCC(F)(F)C2)cc1.